The maximum Gasteiger partial charge on any atom is 0.224 e. The van der Waals surface area contributed by atoms with E-state index in [0.29, 0.717) is 13.0 Å². The van der Waals surface area contributed by atoms with Gasteiger partial charge in [-0.25, -0.2) is 4.68 Å². The van der Waals surface area contributed by atoms with Gasteiger partial charge >= 0.3 is 0 Å². The minimum absolute atomic E-state index is 0.0171. The summed E-state index contributed by atoms with van der Waals surface area (Å²) in [5.41, 5.74) is 3.06. The third-order valence-electron chi connectivity index (χ3n) is 3.47. The van der Waals surface area contributed by atoms with Crippen LogP contribution in [-0.4, -0.2) is 15.7 Å². The maximum absolute atomic E-state index is 12.0. The maximum atomic E-state index is 12.0. The summed E-state index contributed by atoms with van der Waals surface area (Å²) in [4.78, 5) is 12.0. The van der Waals surface area contributed by atoms with Gasteiger partial charge < -0.3 is 5.32 Å². The van der Waals surface area contributed by atoms with Crippen LogP contribution in [0.25, 0.3) is 5.69 Å². The van der Waals surface area contributed by atoms with Crippen LogP contribution < -0.4 is 5.32 Å². The van der Waals surface area contributed by atoms with Crippen LogP contribution in [0.15, 0.2) is 71.5 Å². The van der Waals surface area contributed by atoms with Crippen molar-refractivity contribution in [2.24, 2.45) is 0 Å². The molecule has 23 heavy (non-hydrogen) atoms. The molecule has 1 N–H and O–H groups in total. The Morgan fingerprint density at radius 2 is 1.74 bits per heavy atom. The summed E-state index contributed by atoms with van der Waals surface area (Å²) < 4.78 is 2.81. The summed E-state index contributed by atoms with van der Waals surface area (Å²) in [7, 11) is 0. The Balaban J connectivity index is 1.53. The predicted molar refractivity (Wildman–Crippen MR) is 93.3 cm³/mol. The van der Waals surface area contributed by atoms with Crippen LogP contribution in [0.3, 0.4) is 0 Å². The van der Waals surface area contributed by atoms with E-state index in [1.54, 1.807) is 10.9 Å². The van der Waals surface area contributed by atoms with Crippen LogP contribution in [0.4, 0.5) is 0 Å². The Labute approximate surface area is 143 Å². The molecule has 5 heteroatoms. The predicted octanol–water partition coefficient (Wildman–Crippen LogP) is 3.49. The average molecular weight is 370 g/mol. The number of benzene rings is 2. The van der Waals surface area contributed by atoms with Gasteiger partial charge in [-0.05, 0) is 41.5 Å². The van der Waals surface area contributed by atoms with E-state index in [-0.39, 0.29) is 5.91 Å². The van der Waals surface area contributed by atoms with Crippen molar-refractivity contribution in [1.82, 2.24) is 15.1 Å². The van der Waals surface area contributed by atoms with E-state index < -0.39 is 0 Å². The minimum atomic E-state index is 0.0171. The molecule has 0 fully saturated rings. The van der Waals surface area contributed by atoms with Crippen molar-refractivity contribution in [2.75, 3.05) is 0 Å². The third-order valence-corrected chi connectivity index (χ3v) is 4.00. The molecule has 0 saturated carbocycles. The highest BCUT2D eigenvalue weighted by Gasteiger charge is 2.04. The van der Waals surface area contributed by atoms with Gasteiger partial charge in [0.15, 0.2) is 0 Å². The number of rotatable bonds is 5. The van der Waals surface area contributed by atoms with Gasteiger partial charge in [-0.3, -0.25) is 4.79 Å². The topological polar surface area (TPSA) is 46.9 Å². The molecule has 0 saturated heterocycles. The van der Waals surface area contributed by atoms with Gasteiger partial charge in [0.05, 0.1) is 12.1 Å². The zero-order chi connectivity index (χ0) is 16.1. The highest BCUT2D eigenvalue weighted by atomic mass is 79.9. The molecule has 0 aliphatic heterocycles. The van der Waals surface area contributed by atoms with E-state index in [4.69, 9.17) is 0 Å². The first kappa shape index (κ1) is 15.5. The molecule has 1 aromatic heterocycles. The summed E-state index contributed by atoms with van der Waals surface area (Å²) in [5, 5.41) is 7.13. The number of carbonyl (C=O) groups excluding carboxylic acids is 1. The van der Waals surface area contributed by atoms with Crippen molar-refractivity contribution >= 4 is 21.8 Å². The fourth-order valence-corrected chi connectivity index (χ4v) is 2.50. The quantitative estimate of drug-likeness (QED) is 0.747. The lowest BCUT2D eigenvalue weighted by Crippen LogP contribution is -2.24. The number of halogens is 1. The standard InChI is InChI=1S/C18H16BrN3O/c19-16-6-2-14(3-7-16)12-18(23)20-13-15-4-8-17(9-5-15)22-11-1-10-21-22/h1-11H,12-13H2,(H,20,23). The number of hydrogen-bond acceptors (Lipinski definition) is 2. The van der Waals surface area contributed by atoms with E-state index in [1.165, 1.54) is 0 Å². The summed E-state index contributed by atoms with van der Waals surface area (Å²) in [6.07, 6.45) is 4.03. The SMILES string of the molecule is O=C(Cc1ccc(Br)cc1)NCc1ccc(-n2cccn2)cc1. The molecule has 0 unspecified atom stereocenters. The first-order valence-electron chi connectivity index (χ1n) is 7.31. The number of hydrogen-bond donors (Lipinski definition) is 1. The molecule has 4 nitrogen and oxygen atoms in total. The van der Waals surface area contributed by atoms with Crippen LogP contribution in [0.1, 0.15) is 11.1 Å². The molecule has 2 aromatic carbocycles. The molecule has 3 rings (SSSR count). The lowest BCUT2D eigenvalue weighted by atomic mass is 10.1. The van der Waals surface area contributed by atoms with Gasteiger partial charge in [-0.2, -0.15) is 5.10 Å². The Hall–Kier alpha value is -2.40. The third kappa shape index (κ3) is 4.29. The van der Waals surface area contributed by atoms with Crippen LogP contribution in [-0.2, 0) is 17.8 Å². The van der Waals surface area contributed by atoms with Crippen molar-refractivity contribution in [3.05, 3.63) is 82.6 Å². The van der Waals surface area contributed by atoms with Gasteiger partial charge in [-0.1, -0.05) is 40.2 Å². The zero-order valence-electron chi connectivity index (χ0n) is 12.4. The molecule has 0 bridgehead atoms. The molecular weight excluding hydrogens is 354 g/mol. The number of amides is 1. The molecule has 0 radical (unpaired) electrons. The van der Waals surface area contributed by atoms with Crippen molar-refractivity contribution in [3.8, 4) is 5.69 Å². The number of carbonyl (C=O) groups is 1. The van der Waals surface area contributed by atoms with Crippen molar-refractivity contribution in [2.45, 2.75) is 13.0 Å². The van der Waals surface area contributed by atoms with E-state index in [0.717, 1.165) is 21.3 Å². The van der Waals surface area contributed by atoms with Crippen LogP contribution in [0, 0.1) is 0 Å². The second kappa shape index (κ2) is 7.24. The van der Waals surface area contributed by atoms with Crippen molar-refractivity contribution in [1.29, 1.82) is 0 Å². The highest BCUT2D eigenvalue weighted by molar-refractivity contribution is 9.10. The van der Waals surface area contributed by atoms with Gasteiger partial charge in [0.25, 0.3) is 0 Å². The average Bonchev–Trinajstić information content (AvgIpc) is 3.10. The molecule has 0 aliphatic carbocycles. The van der Waals surface area contributed by atoms with Crippen LogP contribution >= 0.6 is 15.9 Å². The largest absolute Gasteiger partial charge is 0.352 e. The Bertz CT molecular complexity index is 765. The molecule has 0 aliphatic rings. The van der Waals surface area contributed by atoms with Gasteiger partial charge in [0.1, 0.15) is 0 Å². The molecule has 0 atom stereocenters. The van der Waals surface area contributed by atoms with Crippen molar-refractivity contribution < 1.29 is 4.79 Å². The van der Waals surface area contributed by atoms with E-state index in [9.17, 15) is 4.79 Å². The fraction of sp³-hybridized carbons (Fsp3) is 0.111. The van der Waals surface area contributed by atoms with Crippen LogP contribution in [0.5, 0.6) is 0 Å². The van der Waals surface area contributed by atoms with Gasteiger partial charge in [-0.15, -0.1) is 0 Å². The van der Waals surface area contributed by atoms with Gasteiger partial charge in [0, 0.05) is 23.4 Å². The Kier molecular flexibility index (Phi) is 4.88. The van der Waals surface area contributed by atoms with Crippen LogP contribution in [0.2, 0.25) is 0 Å². The smallest absolute Gasteiger partial charge is 0.224 e. The Morgan fingerprint density at radius 3 is 2.39 bits per heavy atom. The molecule has 1 amide bonds. The summed E-state index contributed by atoms with van der Waals surface area (Å²) in [5.74, 6) is 0.0171. The second-order valence-corrected chi connectivity index (χ2v) is 6.11. The normalized spacial score (nSPS) is 10.5. The first-order valence-corrected chi connectivity index (χ1v) is 8.10. The van der Waals surface area contributed by atoms with E-state index in [1.807, 2.05) is 60.8 Å². The summed E-state index contributed by atoms with van der Waals surface area (Å²) in [6, 6.07) is 17.6. The first-order chi connectivity index (χ1) is 11.2. The molecule has 0 spiro atoms. The summed E-state index contributed by atoms with van der Waals surface area (Å²) >= 11 is 3.39. The van der Waals surface area contributed by atoms with Crippen molar-refractivity contribution in [3.63, 3.8) is 0 Å². The number of aromatic nitrogens is 2. The number of nitrogens with one attached hydrogen (secondary N) is 1. The highest BCUT2D eigenvalue weighted by Crippen LogP contribution is 2.11. The monoisotopic (exact) mass is 369 g/mol. The van der Waals surface area contributed by atoms with E-state index in [2.05, 4.69) is 26.3 Å². The van der Waals surface area contributed by atoms with E-state index >= 15 is 0 Å². The summed E-state index contributed by atoms with van der Waals surface area (Å²) in [6.45, 7) is 0.523. The minimum Gasteiger partial charge on any atom is -0.352 e. The van der Waals surface area contributed by atoms with Gasteiger partial charge in [0.2, 0.25) is 5.91 Å². The second-order valence-electron chi connectivity index (χ2n) is 5.20. The molecule has 116 valence electrons. The number of nitrogens with zero attached hydrogens (tertiary/aromatic N) is 2. The lowest BCUT2D eigenvalue weighted by Gasteiger charge is -2.07. The Morgan fingerprint density at radius 1 is 1.04 bits per heavy atom. The fourth-order valence-electron chi connectivity index (χ4n) is 2.24. The molecule has 3 aromatic rings. The molecule has 1 heterocycles. The molecular formula is C18H16BrN3O. The zero-order valence-corrected chi connectivity index (χ0v) is 14.0. The lowest BCUT2D eigenvalue weighted by molar-refractivity contribution is -0.120.